The van der Waals surface area contributed by atoms with Gasteiger partial charge in [0.1, 0.15) is 0 Å². The van der Waals surface area contributed by atoms with Crippen LogP contribution in [0.4, 0.5) is 4.79 Å². The fourth-order valence-corrected chi connectivity index (χ4v) is 2.90. The highest BCUT2D eigenvalue weighted by molar-refractivity contribution is 6.05. The Hall–Kier alpha value is -3.61. The van der Waals surface area contributed by atoms with Crippen molar-refractivity contribution in [2.24, 2.45) is 0 Å². The van der Waals surface area contributed by atoms with E-state index < -0.39 is 24.5 Å². The van der Waals surface area contributed by atoms with Gasteiger partial charge < -0.3 is 14.6 Å². The minimum Gasteiger partial charge on any atom is -0.452 e. The minimum atomic E-state index is -0.688. The summed E-state index contributed by atoms with van der Waals surface area (Å²) in [5.74, 6) is -1.30. The van der Waals surface area contributed by atoms with Crippen LogP contribution < -0.4 is 10.6 Å². The van der Waals surface area contributed by atoms with Crippen LogP contribution in [0.2, 0.25) is 0 Å². The molecule has 144 valence electrons. The molecule has 1 aromatic heterocycles. The molecular formula is C21H21N3O4. The molecule has 3 aromatic rings. The van der Waals surface area contributed by atoms with Crippen LogP contribution in [0.1, 0.15) is 22.8 Å². The van der Waals surface area contributed by atoms with Crippen LogP contribution in [0, 0.1) is 0 Å². The Kier molecular flexibility index (Phi) is 6.06. The van der Waals surface area contributed by atoms with Crippen LogP contribution in [0.25, 0.3) is 10.9 Å². The van der Waals surface area contributed by atoms with Gasteiger partial charge in [-0.2, -0.15) is 0 Å². The summed E-state index contributed by atoms with van der Waals surface area (Å²) < 4.78 is 7.06. The number of carbonyl (C=O) groups excluding carboxylic acids is 3. The zero-order valence-corrected chi connectivity index (χ0v) is 15.5. The van der Waals surface area contributed by atoms with Gasteiger partial charge >= 0.3 is 12.0 Å². The number of hydrogen-bond acceptors (Lipinski definition) is 4. The van der Waals surface area contributed by atoms with Gasteiger partial charge in [0.05, 0.1) is 5.56 Å². The molecule has 2 aromatic carbocycles. The molecule has 1 heterocycles. The number of benzene rings is 2. The Balaban J connectivity index is 1.74. The first-order valence-electron chi connectivity index (χ1n) is 8.95. The number of esters is 1. The lowest BCUT2D eigenvalue weighted by molar-refractivity contribution is -0.123. The van der Waals surface area contributed by atoms with Crippen LogP contribution in [0.5, 0.6) is 0 Å². The number of nitrogens with one attached hydrogen (secondary N) is 2. The van der Waals surface area contributed by atoms with E-state index in [4.69, 9.17) is 4.74 Å². The Bertz CT molecular complexity index is 995. The van der Waals surface area contributed by atoms with E-state index in [0.717, 1.165) is 16.5 Å². The first kappa shape index (κ1) is 19.2. The summed E-state index contributed by atoms with van der Waals surface area (Å²) in [4.78, 5) is 35.6. The zero-order valence-electron chi connectivity index (χ0n) is 15.5. The molecule has 0 unspecified atom stereocenters. The Labute approximate surface area is 162 Å². The van der Waals surface area contributed by atoms with Gasteiger partial charge in [-0.25, -0.2) is 9.59 Å². The smallest absolute Gasteiger partial charge is 0.340 e. The van der Waals surface area contributed by atoms with E-state index in [-0.39, 0.29) is 0 Å². The highest BCUT2D eigenvalue weighted by Crippen LogP contribution is 2.23. The lowest BCUT2D eigenvalue weighted by Gasteiger charge is -2.05. The quantitative estimate of drug-likeness (QED) is 0.645. The van der Waals surface area contributed by atoms with E-state index >= 15 is 0 Å². The molecule has 0 atom stereocenters. The second kappa shape index (κ2) is 8.85. The number of ether oxygens (including phenoxy) is 1. The first-order chi connectivity index (χ1) is 13.6. The van der Waals surface area contributed by atoms with Gasteiger partial charge in [-0.05, 0) is 18.6 Å². The van der Waals surface area contributed by atoms with Crippen LogP contribution in [0.3, 0.4) is 0 Å². The molecule has 3 amide bonds. The van der Waals surface area contributed by atoms with Crippen molar-refractivity contribution >= 4 is 28.8 Å². The number of imide groups is 1. The Morgan fingerprint density at radius 1 is 1.00 bits per heavy atom. The maximum absolute atomic E-state index is 12.5. The van der Waals surface area contributed by atoms with Crippen LogP contribution in [-0.2, 0) is 16.1 Å². The summed E-state index contributed by atoms with van der Waals surface area (Å²) in [6, 6.07) is 16.8. The molecule has 0 bridgehead atoms. The van der Waals surface area contributed by atoms with E-state index in [2.05, 4.69) is 10.6 Å². The maximum Gasteiger partial charge on any atom is 0.340 e. The number of fused-ring (bicyclic) bond motifs is 1. The van der Waals surface area contributed by atoms with E-state index in [0.29, 0.717) is 18.7 Å². The molecule has 0 radical (unpaired) electrons. The third-order valence-electron chi connectivity index (χ3n) is 4.13. The fourth-order valence-electron chi connectivity index (χ4n) is 2.90. The maximum atomic E-state index is 12.5. The van der Waals surface area contributed by atoms with Crippen molar-refractivity contribution in [3.8, 4) is 0 Å². The fraction of sp³-hybridized carbons (Fsp3) is 0.190. The number of rotatable bonds is 6. The van der Waals surface area contributed by atoms with E-state index in [9.17, 15) is 14.4 Å². The topological polar surface area (TPSA) is 89.4 Å². The molecule has 0 aliphatic rings. The number of urea groups is 1. The molecule has 0 fully saturated rings. The molecule has 2 N–H and O–H groups in total. The van der Waals surface area contributed by atoms with Crippen molar-refractivity contribution in [1.82, 2.24) is 15.2 Å². The normalized spacial score (nSPS) is 10.5. The molecular weight excluding hydrogens is 358 g/mol. The molecule has 0 saturated carbocycles. The summed E-state index contributed by atoms with van der Waals surface area (Å²) in [5.41, 5.74) is 2.37. The molecule has 0 saturated heterocycles. The monoisotopic (exact) mass is 379 g/mol. The third-order valence-corrected chi connectivity index (χ3v) is 4.13. The lowest BCUT2D eigenvalue weighted by atomic mass is 10.2. The van der Waals surface area contributed by atoms with Gasteiger partial charge in [-0.1, -0.05) is 48.5 Å². The number of nitrogens with zero attached hydrogens (tertiary/aromatic N) is 1. The average molecular weight is 379 g/mol. The second-order valence-corrected chi connectivity index (χ2v) is 6.16. The summed E-state index contributed by atoms with van der Waals surface area (Å²) in [5, 5.41) is 5.27. The summed E-state index contributed by atoms with van der Waals surface area (Å²) in [6.45, 7) is 2.19. The summed E-state index contributed by atoms with van der Waals surface area (Å²) in [6.07, 6.45) is 1.72. The van der Waals surface area contributed by atoms with Crippen molar-refractivity contribution in [3.05, 3.63) is 71.9 Å². The van der Waals surface area contributed by atoms with Gasteiger partial charge in [0.25, 0.3) is 5.91 Å². The summed E-state index contributed by atoms with van der Waals surface area (Å²) >= 11 is 0. The molecule has 7 nitrogen and oxygen atoms in total. The van der Waals surface area contributed by atoms with Crippen molar-refractivity contribution in [3.63, 3.8) is 0 Å². The Morgan fingerprint density at radius 2 is 1.71 bits per heavy atom. The number of para-hydroxylation sites is 1. The molecule has 0 aliphatic heterocycles. The molecule has 28 heavy (non-hydrogen) atoms. The molecule has 7 heteroatoms. The second-order valence-electron chi connectivity index (χ2n) is 6.16. The van der Waals surface area contributed by atoms with E-state index in [1.807, 2.05) is 59.2 Å². The third kappa shape index (κ3) is 4.56. The van der Waals surface area contributed by atoms with E-state index in [1.165, 1.54) is 0 Å². The van der Waals surface area contributed by atoms with Crippen LogP contribution >= 0.6 is 0 Å². The van der Waals surface area contributed by atoms with Crippen molar-refractivity contribution in [1.29, 1.82) is 0 Å². The van der Waals surface area contributed by atoms with Gasteiger partial charge in [0.15, 0.2) is 6.61 Å². The average Bonchev–Trinajstić information content (AvgIpc) is 3.06. The number of aromatic nitrogens is 1. The SMILES string of the molecule is CCNC(=O)NC(=O)COC(=O)c1cn(Cc2ccccc2)c2ccccc12. The standard InChI is InChI=1S/C21H21N3O4/c1-2-22-21(27)23-19(25)14-28-20(26)17-13-24(12-15-8-4-3-5-9-15)18-11-7-6-10-16(17)18/h3-11,13H,2,12,14H2,1H3,(H2,22,23,25,27). The number of amides is 3. The minimum absolute atomic E-state index is 0.373. The van der Waals surface area contributed by atoms with E-state index in [1.54, 1.807) is 13.1 Å². The highest BCUT2D eigenvalue weighted by atomic mass is 16.5. The number of hydrogen-bond donors (Lipinski definition) is 2. The Morgan fingerprint density at radius 3 is 2.46 bits per heavy atom. The van der Waals surface area contributed by atoms with Gasteiger partial charge in [0, 0.05) is 30.2 Å². The lowest BCUT2D eigenvalue weighted by Crippen LogP contribution is -2.41. The zero-order chi connectivity index (χ0) is 19.9. The summed E-state index contributed by atoms with van der Waals surface area (Å²) in [7, 11) is 0. The first-order valence-corrected chi connectivity index (χ1v) is 8.95. The van der Waals surface area contributed by atoms with Gasteiger partial charge in [0.2, 0.25) is 0 Å². The van der Waals surface area contributed by atoms with Crippen LogP contribution in [-0.4, -0.2) is 35.6 Å². The van der Waals surface area contributed by atoms with Crippen molar-refractivity contribution in [2.75, 3.05) is 13.2 Å². The largest absolute Gasteiger partial charge is 0.452 e. The molecule has 0 spiro atoms. The van der Waals surface area contributed by atoms with Gasteiger partial charge in [-0.3, -0.25) is 10.1 Å². The predicted molar refractivity (Wildman–Crippen MR) is 105 cm³/mol. The van der Waals surface area contributed by atoms with Crippen molar-refractivity contribution in [2.45, 2.75) is 13.5 Å². The van der Waals surface area contributed by atoms with Crippen LogP contribution in [0.15, 0.2) is 60.8 Å². The number of carbonyl (C=O) groups is 3. The molecule has 3 rings (SSSR count). The predicted octanol–water partition coefficient (Wildman–Crippen LogP) is 2.69. The van der Waals surface area contributed by atoms with Crippen molar-refractivity contribution < 1.29 is 19.1 Å². The highest BCUT2D eigenvalue weighted by Gasteiger charge is 2.18. The molecule has 0 aliphatic carbocycles. The van der Waals surface area contributed by atoms with Gasteiger partial charge in [-0.15, -0.1) is 0 Å².